The lowest BCUT2D eigenvalue weighted by Crippen LogP contribution is -2.69. The molecule has 3 aromatic heterocycles. The highest BCUT2D eigenvalue weighted by Crippen LogP contribution is 2.32. The van der Waals surface area contributed by atoms with Gasteiger partial charge in [0.25, 0.3) is 0 Å². The molecule has 172 valence electrons. The van der Waals surface area contributed by atoms with Gasteiger partial charge in [0.1, 0.15) is 24.0 Å². The second-order valence-electron chi connectivity index (χ2n) is 9.14. The molecule has 2 fully saturated rings. The first-order chi connectivity index (χ1) is 15.8. The van der Waals surface area contributed by atoms with Crippen LogP contribution in [0.3, 0.4) is 0 Å². The van der Waals surface area contributed by atoms with Crippen LogP contribution in [-0.2, 0) is 16.1 Å². The van der Waals surface area contributed by atoms with Gasteiger partial charge in [0.2, 0.25) is 11.8 Å². The zero-order chi connectivity index (χ0) is 23.3. The van der Waals surface area contributed by atoms with Crippen molar-refractivity contribution in [1.82, 2.24) is 39.7 Å². The van der Waals surface area contributed by atoms with Crippen LogP contribution in [0.5, 0.6) is 0 Å². The van der Waals surface area contributed by atoms with E-state index in [0.717, 1.165) is 23.5 Å². The van der Waals surface area contributed by atoms with E-state index in [1.54, 1.807) is 26.2 Å². The van der Waals surface area contributed by atoms with Gasteiger partial charge in [0, 0.05) is 38.1 Å². The quantitative estimate of drug-likeness (QED) is 0.555. The Labute approximate surface area is 191 Å². The number of aryl methyl sites for hydroxylation is 2. The number of fused-ring (bicyclic) bond motifs is 1. The average Bonchev–Trinajstić information content (AvgIpc) is 3.42. The summed E-state index contributed by atoms with van der Waals surface area (Å²) in [6, 6.07) is -0.432. The average molecular weight is 450 g/mol. The number of hydrogen-bond acceptors (Lipinski definition) is 8. The van der Waals surface area contributed by atoms with E-state index in [-0.39, 0.29) is 17.9 Å². The Bertz CT molecular complexity index is 1230. The van der Waals surface area contributed by atoms with Gasteiger partial charge in [-0.05, 0) is 34.1 Å². The minimum atomic E-state index is -0.662. The molecule has 2 N–H and O–H groups in total. The van der Waals surface area contributed by atoms with E-state index in [1.165, 1.54) is 6.33 Å². The molecule has 11 nitrogen and oxygen atoms in total. The molecule has 0 aromatic carbocycles. The number of carbonyl (C=O) groups is 2. The third-order valence-electron chi connectivity index (χ3n) is 6.56. The summed E-state index contributed by atoms with van der Waals surface area (Å²) in [4.78, 5) is 48.8. The highest BCUT2D eigenvalue weighted by Gasteiger charge is 2.53. The number of hydrogen-bond donors (Lipinski definition) is 2. The first kappa shape index (κ1) is 21.2. The fourth-order valence-electron chi connectivity index (χ4n) is 4.45. The van der Waals surface area contributed by atoms with Gasteiger partial charge in [-0.3, -0.25) is 9.59 Å². The van der Waals surface area contributed by atoms with Gasteiger partial charge in [-0.15, -0.1) is 0 Å². The van der Waals surface area contributed by atoms with Gasteiger partial charge in [-0.25, -0.2) is 24.9 Å². The molecule has 11 heteroatoms. The molecule has 5 rings (SSSR count). The van der Waals surface area contributed by atoms with Crippen LogP contribution in [0.2, 0.25) is 0 Å². The third kappa shape index (κ3) is 3.47. The molecular formula is C22H27N9O2. The summed E-state index contributed by atoms with van der Waals surface area (Å²) in [5.74, 6) is 1.96. The molecule has 2 aliphatic heterocycles. The van der Waals surface area contributed by atoms with Crippen molar-refractivity contribution in [3.63, 3.8) is 0 Å². The Kier molecular flexibility index (Phi) is 4.98. The van der Waals surface area contributed by atoms with Crippen LogP contribution in [0.4, 0.5) is 5.82 Å². The fourth-order valence-corrected chi connectivity index (χ4v) is 4.45. The third-order valence-corrected chi connectivity index (χ3v) is 6.56. The minimum absolute atomic E-state index is 0.0314. The number of β-lactam (4-membered cyclic amide) rings is 1. The number of anilines is 1. The maximum absolute atomic E-state index is 12.9. The van der Waals surface area contributed by atoms with E-state index < -0.39 is 11.5 Å². The Hall–Kier alpha value is -3.63. The first-order valence-electron chi connectivity index (χ1n) is 11.2. The van der Waals surface area contributed by atoms with Gasteiger partial charge in [-0.2, -0.15) is 0 Å². The summed E-state index contributed by atoms with van der Waals surface area (Å²) in [6.07, 6.45) is 5.83. The van der Waals surface area contributed by atoms with Crippen molar-refractivity contribution in [3.05, 3.63) is 24.5 Å². The van der Waals surface area contributed by atoms with Crippen LogP contribution in [-0.4, -0.2) is 71.4 Å². The highest BCUT2D eigenvalue weighted by molar-refractivity contribution is 6.01. The zero-order valence-corrected chi connectivity index (χ0v) is 19.2. The molecule has 0 saturated carbocycles. The van der Waals surface area contributed by atoms with Crippen molar-refractivity contribution in [3.8, 4) is 11.4 Å². The second-order valence-corrected chi connectivity index (χ2v) is 9.14. The highest BCUT2D eigenvalue weighted by atomic mass is 16.2. The van der Waals surface area contributed by atoms with E-state index in [4.69, 9.17) is 4.98 Å². The summed E-state index contributed by atoms with van der Waals surface area (Å²) < 4.78 is 2.02. The van der Waals surface area contributed by atoms with Crippen LogP contribution >= 0.6 is 0 Å². The molecule has 0 radical (unpaired) electrons. The molecule has 0 spiro atoms. The van der Waals surface area contributed by atoms with Crippen LogP contribution < -0.4 is 10.6 Å². The summed E-state index contributed by atoms with van der Waals surface area (Å²) in [6.45, 7) is 9.34. The summed E-state index contributed by atoms with van der Waals surface area (Å²) >= 11 is 0. The lowest BCUT2D eigenvalue weighted by molar-refractivity contribution is -0.155. The maximum atomic E-state index is 12.9. The lowest BCUT2D eigenvalue weighted by Gasteiger charge is -2.43. The van der Waals surface area contributed by atoms with E-state index in [0.29, 0.717) is 36.8 Å². The molecular weight excluding hydrogens is 422 g/mol. The monoisotopic (exact) mass is 449 g/mol. The van der Waals surface area contributed by atoms with E-state index in [1.807, 2.05) is 23.3 Å². The summed E-state index contributed by atoms with van der Waals surface area (Å²) in [5.41, 5.74) is 1.56. The van der Waals surface area contributed by atoms with Gasteiger partial charge >= 0.3 is 0 Å². The molecule has 2 amide bonds. The molecule has 33 heavy (non-hydrogen) atoms. The SMILES string of the molecule is CCn1c(-c2cnc(C)nc2)nc2c(NC3CCN(C(=O)C4NC(=O)C4(C)C)C3)ncnc21. The van der Waals surface area contributed by atoms with Gasteiger partial charge in [0.05, 0.1) is 11.0 Å². The lowest BCUT2D eigenvalue weighted by atomic mass is 9.75. The van der Waals surface area contributed by atoms with Crippen molar-refractivity contribution < 1.29 is 9.59 Å². The Balaban J connectivity index is 1.37. The minimum Gasteiger partial charge on any atom is -0.364 e. The van der Waals surface area contributed by atoms with Gasteiger partial charge in [0.15, 0.2) is 17.0 Å². The summed E-state index contributed by atoms with van der Waals surface area (Å²) in [5, 5.41) is 6.20. The van der Waals surface area contributed by atoms with E-state index in [9.17, 15) is 9.59 Å². The molecule has 3 aromatic rings. The Morgan fingerprint density at radius 1 is 1.24 bits per heavy atom. The normalized spacial score (nSPS) is 21.7. The fraction of sp³-hybridized carbons (Fsp3) is 0.500. The largest absolute Gasteiger partial charge is 0.364 e. The van der Waals surface area contributed by atoms with Crippen LogP contribution in [0.25, 0.3) is 22.6 Å². The van der Waals surface area contributed by atoms with Crippen molar-refractivity contribution in [2.75, 3.05) is 18.4 Å². The maximum Gasteiger partial charge on any atom is 0.246 e. The predicted octanol–water partition coefficient (Wildman–Crippen LogP) is 1.15. The van der Waals surface area contributed by atoms with Crippen LogP contribution in [0, 0.1) is 12.3 Å². The standard InChI is InChI=1S/C22H27N9O2/c1-5-31-18(13-8-23-12(2)24-9-13)28-15-17(25-11-26-19(15)31)27-14-6-7-30(10-14)20(32)16-22(3,4)21(33)29-16/h8-9,11,14,16H,5-7,10H2,1-4H3,(H,29,33)(H,25,26,27). The number of nitrogens with zero attached hydrogens (tertiary/aromatic N) is 7. The van der Waals surface area contributed by atoms with Crippen molar-refractivity contribution in [2.45, 2.75) is 52.7 Å². The zero-order valence-electron chi connectivity index (χ0n) is 19.2. The molecule has 0 aliphatic carbocycles. The molecule has 2 atom stereocenters. The number of nitrogens with one attached hydrogen (secondary N) is 2. The number of carbonyl (C=O) groups excluding carboxylic acids is 2. The molecule has 5 heterocycles. The number of imidazole rings is 1. The molecule has 2 aliphatic rings. The first-order valence-corrected chi connectivity index (χ1v) is 11.2. The van der Waals surface area contributed by atoms with Crippen LogP contribution in [0.15, 0.2) is 18.7 Å². The predicted molar refractivity (Wildman–Crippen MR) is 121 cm³/mol. The van der Waals surface area contributed by atoms with E-state index >= 15 is 0 Å². The number of amides is 2. The van der Waals surface area contributed by atoms with Crippen molar-refractivity contribution in [1.29, 1.82) is 0 Å². The van der Waals surface area contributed by atoms with Crippen molar-refractivity contribution >= 4 is 28.8 Å². The van der Waals surface area contributed by atoms with E-state index in [2.05, 4.69) is 30.6 Å². The van der Waals surface area contributed by atoms with Gasteiger partial charge in [-0.1, -0.05) is 0 Å². The van der Waals surface area contributed by atoms with Crippen LogP contribution in [0.1, 0.15) is 33.0 Å². The van der Waals surface area contributed by atoms with Crippen molar-refractivity contribution in [2.24, 2.45) is 5.41 Å². The Morgan fingerprint density at radius 2 is 2.00 bits per heavy atom. The number of rotatable bonds is 5. The smallest absolute Gasteiger partial charge is 0.246 e. The summed E-state index contributed by atoms with van der Waals surface area (Å²) in [7, 11) is 0. The van der Waals surface area contributed by atoms with Gasteiger partial charge < -0.3 is 20.1 Å². The number of aromatic nitrogens is 6. The molecule has 2 unspecified atom stereocenters. The second kappa shape index (κ2) is 7.75. The molecule has 0 bridgehead atoms. The topological polar surface area (TPSA) is 131 Å². The number of likely N-dealkylation sites (tertiary alicyclic amines) is 1. The molecule has 2 saturated heterocycles. The Morgan fingerprint density at radius 3 is 2.67 bits per heavy atom.